The quantitative estimate of drug-likeness (QED) is 0.577. The van der Waals surface area contributed by atoms with Crippen molar-refractivity contribution in [2.75, 3.05) is 18.9 Å². The molecule has 0 atom stereocenters. The van der Waals surface area contributed by atoms with Crippen molar-refractivity contribution in [3.63, 3.8) is 0 Å². The van der Waals surface area contributed by atoms with Gasteiger partial charge in [-0.05, 0) is 31.4 Å². The number of unbranched alkanes of at least 4 members (excludes halogenated alkanes) is 1. The van der Waals surface area contributed by atoms with Crippen LogP contribution in [0.1, 0.15) is 18.4 Å². The van der Waals surface area contributed by atoms with E-state index in [2.05, 4.69) is 5.32 Å². The Balaban J connectivity index is 2.22. The van der Waals surface area contributed by atoms with E-state index in [1.807, 2.05) is 31.2 Å². The van der Waals surface area contributed by atoms with Gasteiger partial charge in [0.25, 0.3) is 0 Å². The van der Waals surface area contributed by atoms with Gasteiger partial charge >= 0.3 is 0 Å². The topological polar surface area (TPSA) is 49.3 Å². The molecule has 0 saturated heterocycles. The summed E-state index contributed by atoms with van der Waals surface area (Å²) in [5, 5.41) is 11.4. The second-order valence-corrected chi connectivity index (χ2v) is 4.85. The number of aryl methyl sites for hydroxylation is 1. The molecule has 17 heavy (non-hydrogen) atoms. The highest BCUT2D eigenvalue weighted by molar-refractivity contribution is 8.00. The van der Waals surface area contributed by atoms with Gasteiger partial charge in [-0.25, -0.2) is 0 Å². The lowest BCUT2D eigenvalue weighted by atomic mass is 10.2. The normalized spacial score (nSPS) is 10.2. The molecule has 0 unspecified atom stereocenters. The summed E-state index contributed by atoms with van der Waals surface area (Å²) >= 11 is 1.56. The summed E-state index contributed by atoms with van der Waals surface area (Å²) in [7, 11) is 0. The molecule has 1 aromatic rings. The van der Waals surface area contributed by atoms with E-state index in [0.717, 1.165) is 17.7 Å². The van der Waals surface area contributed by atoms with Gasteiger partial charge in [0.05, 0.1) is 5.75 Å². The van der Waals surface area contributed by atoms with Crippen molar-refractivity contribution in [2.24, 2.45) is 0 Å². The third kappa shape index (κ3) is 5.75. The third-order valence-corrected chi connectivity index (χ3v) is 3.54. The summed E-state index contributed by atoms with van der Waals surface area (Å²) in [6.07, 6.45) is 1.57. The number of carbonyl (C=O) groups excluding carboxylic acids is 1. The van der Waals surface area contributed by atoms with Crippen molar-refractivity contribution >= 4 is 17.7 Å². The summed E-state index contributed by atoms with van der Waals surface area (Å²) in [6.45, 7) is 2.88. The molecule has 4 heteroatoms. The van der Waals surface area contributed by atoms with Gasteiger partial charge in [-0.1, -0.05) is 18.2 Å². The van der Waals surface area contributed by atoms with E-state index >= 15 is 0 Å². The van der Waals surface area contributed by atoms with Crippen LogP contribution in [0.25, 0.3) is 0 Å². The average molecular weight is 253 g/mol. The summed E-state index contributed by atoms with van der Waals surface area (Å²) in [5.74, 6) is 0.500. The molecule has 94 valence electrons. The minimum atomic E-state index is 0.0520. The zero-order valence-electron chi connectivity index (χ0n) is 10.1. The fourth-order valence-electron chi connectivity index (χ4n) is 1.38. The van der Waals surface area contributed by atoms with Gasteiger partial charge in [-0.15, -0.1) is 11.8 Å². The van der Waals surface area contributed by atoms with Crippen molar-refractivity contribution in [3.8, 4) is 0 Å². The van der Waals surface area contributed by atoms with Gasteiger partial charge in [-0.3, -0.25) is 4.79 Å². The fourth-order valence-corrected chi connectivity index (χ4v) is 2.24. The predicted octanol–water partition coefficient (Wildman–Crippen LogP) is 1.98. The SMILES string of the molecule is Cc1ccccc1SCC(=O)NCCCCO. The maximum atomic E-state index is 11.5. The third-order valence-electron chi connectivity index (χ3n) is 2.36. The molecule has 0 saturated carbocycles. The lowest BCUT2D eigenvalue weighted by Crippen LogP contribution is -2.26. The van der Waals surface area contributed by atoms with Crippen molar-refractivity contribution in [2.45, 2.75) is 24.7 Å². The zero-order valence-corrected chi connectivity index (χ0v) is 10.9. The molecule has 0 aliphatic carbocycles. The van der Waals surface area contributed by atoms with Crippen LogP contribution in [0.3, 0.4) is 0 Å². The summed E-state index contributed by atoms with van der Waals surface area (Å²) in [5.41, 5.74) is 1.20. The molecule has 1 rings (SSSR count). The highest BCUT2D eigenvalue weighted by Crippen LogP contribution is 2.21. The molecule has 0 aliphatic rings. The number of hydrogen-bond donors (Lipinski definition) is 2. The van der Waals surface area contributed by atoms with E-state index in [9.17, 15) is 4.79 Å². The number of carbonyl (C=O) groups is 1. The van der Waals surface area contributed by atoms with Gasteiger partial charge < -0.3 is 10.4 Å². The first-order chi connectivity index (χ1) is 8.24. The Morgan fingerprint density at radius 2 is 2.12 bits per heavy atom. The number of aliphatic hydroxyl groups is 1. The van der Waals surface area contributed by atoms with Crippen LogP contribution < -0.4 is 5.32 Å². The number of amides is 1. The molecule has 0 aliphatic heterocycles. The van der Waals surface area contributed by atoms with Gasteiger partial charge in [0, 0.05) is 18.0 Å². The Labute approximate surface area is 107 Å². The molecular weight excluding hydrogens is 234 g/mol. The van der Waals surface area contributed by atoms with Crippen molar-refractivity contribution in [3.05, 3.63) is 29.8 Å². The molecule has 1 amide bonds. The maximum absolute atomic E-state index is 11.5. The van der Waals surface area contributed by atoms with Crippen molar-refractivity contribution < 1.29 is 9.90 Å². The summed E-state index contributed by atoms with van der Waals surface area (Å²) in [6, 6.07) is 8.05. The maximum Gasteiger partial charge on any atom is 0.230 e. The van der Waals surface area contributed by atoms with Gasteiger partial charge in [0.1, 0.15) is 0 Å². The molecule has 0 fully saturated rings. The first-order valence-electron chi connectivity index (χ1n) is 5.80. The van der Waals surface area contributed by atoms with Crippen LogP contribution in [-0.4, -0.2) is 29.9 Å². The van der Waals surface area contributed by atoms with Crippen molar-refractivity contribution in [1.82, 2.24) is 5.32 Å². The molecule has 0 radical (unpaired) electrons. The average Bonchev–Trinajstić information content (AvgIpc) is 2.34. The first kappa shape index (κ1) is 14.1. The fraction of sp³-hybridized carbons (Fsp3) is 0.462. The Kier molecular flexibility index (Phi) is 6.74. The molecule has 2 N–H and O–H groups in total. The molecule has 0 bridgehead atoms. The molecular formula is C13H19NO2S. The van der Waals surface area contributed by atoms with Gasteiger partial charge in [0.15, 0.2) is 0 Å². The van der Waals surface area contributed by atoms with Gasteiger partial charge in [0.2, 0.25) is 5.91 Å². The molecule has 0 heterocycles. The Hall–Kier alpha value is -1.00. The Morgan fingerprint density at radius 1 is 1.35 bits per heavy atom. The number of nitrogens with one attached hydrogen (secondary N) is 1. The zero-order chi connectivity index (χ0) is 12.5. The van der Waals surface area contributed by atoms with E-state index < -0.39 is 0 Å². The predicted molar refractivity (Wildman–Crippen MR) is 71.2 cm³/mol. The second-order valence-electron chi connectivity index (χ2n) is 3.83. The van der Waals surface area contributed by atoms with E-state index in [4.69, 9.17) is 5.11 Å². The molecule has 3 nitrogen and oxygen atoms in total. The van der Waals surface area contributed by atoms with E-state index in [1.54, 1.807) is 11.8 Å². The second kappa shape index (κ2) is 8.14. The highest BCUT2D eigenvalue weighted by atomic mass is 32.2. The number of benzene rings is 1. The molecule has 1 aromatic carbocycles. The minimum absolute atomic E-state index is 0.0520. The Bertz CT molecular complexity index is 355. The lowest BCUT2D eigenvalue weighted by Gasteiger charge is -2.06. The van der Waals surface area contributed by atoms with Crippen LogP contribution in [0, 0.1) is 6.92 Å². The lowest BCUT2D eigenvalue weighted by molar-refractivity contribution is -0.118. The van der Waals surface area contributed by atoms with Crippen LogP contribution >= 0.6 is 11.8 Å². The van der Waals surface area contributed by atoms with Crippen LogP contribution in [0.5, 0.6) is 0 Å². The van der Waals surface area contributed by atoms with Crippen LogP contribution in [0.15, 0.2) is 29.2 Å². The van der Waals surface area contributed by atoms with Crippen LogP contribution in [-0.2, 0) is 4.79 Å². The number of hydrogen-bond acceptors (Lipinski definition) is 3. The van der Waals surface area contributed by atoms with Crippen LogP contribution in [0.4, 0.5) is 0 Å². The van der Waals surface area contributed by atoms with Gasteiger partial charge in [-0.2, -0.15) is 0 Å². The smallest absolute Gasteiger partial charge is 0.230 e. The summed E-state index contributed by atoms with van der Waals surface area (Å²) in [4.78, 5) is 12.6. The molecule has 0 aromatic heterocycles. The van der Waals surface area contributed by atoms with E-state index in [1.165, 1.54) is 5.56 Å². The standard InChI is InChI=1S/C13H19NO2S/c1-11-6-2-3-7-12(11)17-10-13(16)14-8-4-5-9-15/h2-3,6-7,15H,4-5,8-10H2,1H3,(H,14,16). The Morgan fingerprint density at radius 3 is 2.82 bits per heavy atom. The monoisotopic (exact) mass is 253 g/mol. The molecule has 0 spiro atoms. The van der Waals surface area contributed by atoms with Crippen molar-refractivity contribution in [1.29, 1.82) is 0 Å². The van der Waals surface area contributed by atoms with E-state index in [0.29, 0.717) is 12.3 Å². The minimum Gasteiger partial charge on any atom is -0.396 e. The highest BCUT2D eigenvalue weighted by Gasteiger charge is 2.03. The summed E-state index contributed by atoms with van der Waals surface area (Å²) < 4.78 is 0. The number of thioether (sulfide) groups is 1. The number of rotatable bonds is 7. The van der Waals surface area contributed by atoms with E-state index in [-0.39, 0.29) is 12.5 Å². The largest absolute Gasteiger partial charge is 0.396 e. The number of aliphatic hydroxyl groups excluding tert-OH is 1. The first-order valence-corrected chi connectivity index (χ1v) is 6.78. The van der Waals surface area contributed by atoms with Crippen LogP contribution in [0.2, 0.25) is 0 Å².